The molecule has 10 aromatic rings. The van der Waals surface area contributed by atoms with Gasteiger partial charge in [0.15, 0.2) is 0 Å². The van der Waals surface area contributed by atoms with E-state index in [0.29, 0.717) is 0 Å². The van der Waals surface area contributed by atoms with Gasteiger partial charge in [-0.15, -0.1) is 0 Å². The minimum atomic E-state index is 1.04. The minimum absolute atomic E-state index is 1.04. The van der Waals surface area contributed by atoms with E-state index in [2.05, 4.69) is 169 Å². The van der Waals surface area contributed by atoms with Gasteiger partial charge in [-0.25, -0.2) is 0 Å². The number of aromatic nitrogens is 4. The molecule has 4 heteroatoms. The highest BCUT2D eigenvalue weighted by molar-refractivity contribution is 6.10. The molecule has 0 aliphatic carbocycles. The average Bonchev–Trinajstić information content (AvgIpc) is 3.71. The summed E-state index contributed by atoms with van der Waals surface area (Å²) in [6.45, 7) is 4.38. The Morgan fingerprint density at radius 3 is 1.02 bits per heavy atom. The fraction of sp³-hybridized carbons (Fsp3) is 0.0417. The normalized spacial score (nSPS) is 11.7. The SMILES string of the molecule is Cc1cc(-n2c3ccccc3c3ccccc32)ccc1-c1cncc(-c2cncc(-c3ccc(-n4c5ccccc5c5ccccc54)cc3C)c2)c1. The molecule has 0 saturated heterocycles. The predicted octanol–water partition coefficient (Wildman–Crippen LogP) is 12.3. The number of aryl methyl sites for hydroxylation is 2. The fourth-order valence-corrected chi connectivity index (χ4v) is 8.11. The first-order valence-corrected chi connectivity index (χ1v) is 17.7. The summed E-state index contributed by atoms with van der Waals surface area (Å²) in [5.74, 6) is 0. The first-order valence-electron chi connectivity index (χ1n) is 17.7. The van der Waals surface area contributed by atoms with E-state index in [9.17, 15) is 0 Å². The first-order chi connectivity index (χ1) is 25.6. The van der Waals surface area contributed by atoms with Gasteiger partial charge in [-0.05, 0) is 96.8 Å². The van der Waals surface area contributed by atoms with E-state index in [-0.39, 0.29) is 0 Å². The standard InChI is InChI=1S/C48H34N4/c1-31-23-37(51-45-15-7-3-11-41(45)42-12-4-8-16-46(42)51)19-21-39(31)35-25-33(27-49-29-35)34-26-36(30-50-28-34)40-22-20-38(24-32(40)2)52-47-17-9-5-13-43(47)44-14-6-10-18-48(44)52/h3-30H,1-2H3. The van der Waals surface area contributed by atoms with Gasteiger partial charge in [0.2, 0.25) is 0 Å². The number of benzene rings is 6. The van der Waals surface area contributed by atoms with Crippen LogP contribution in [0.15, 0.2) is 170 Å². The molecule has 4 aromatic heterocycles. The zero-order valence-corrected chi connectivity index (χ0v) is 29.0. The van der Waals surface area contributed by atoms with Crippen molar-refractivity contribution in [2.75, 3.05) is 0 Å². The molecule has 0 bridgehead atoms. The van der Waals surface area contributed by atoms with Crippen LogP contribution in [0, 0.1) is 13.8 Å². The van der Waals surface area contributed by atoms with E-state index in [1.807, 2.05) is 24.8 Å². The van der Waals surface area contributed by atoms with Crippen LogP contribution in [0.4, 0.5) is 0 Å². The zero-order chi connectivity index (χ0) is 34.8. The zero-order valence-electron chi connectivity index (χ0n) is 29.0. The van der Waals surface area contributed by atoms with Gasteiger partial charge in [0.05, 0.1) is 22.1 Å². The molecule has 10 rings (SSSR count). The van der Waals surface area contributed by atoms with Crippen molar-refractivity contribution in [3.63, 3.8) is 0 Å². The van der Waals surface area contributed by atoms with Crippen molar-refractivity contribution in [2.24, 2.45) is 0 Å². The summed E-state index contributed by atoms with van der Waals surface area (Å²) >= 11 is 0. The number of rotatable bonds is 5. The van der Waals surface area contributed by atoms with E-state index in [4.69, 9.17) is 9.97 Å². The molecule has 0 fully saturated rings. The molecule has 4 nitrogen and oxygen atoms in total. The Morgan fingerprint density at radius 1 is 0.346 bits per heavy atom. The van der Waals surface area contributed by atoms with Crippen molar-refractivity contribution < 1.29 is 0 Å². The molecular formula is C48H34N4. The van der Waals surface area contributed by atoms with E-state index in [1.54, 1.807) is 0 Å². The van der Waals surface area contributed by atoms with Crippen molar-refractivity contribution in [3.05, 3.63) is 182 Å². The molecule has 0 spiro atoms. The Labute approximate surface area is 301 Å². The van der Waals surface area contributed by atoms with Crippen molar-refractivity contribution >= 4 is 43.6 Å². The maximum absolute atomic E-state index is 4.71. The summed E-state index contributed by atoms with van der Waals surface area (Å²) in [6.07, 6.45) is 7.79. The smallest absolute Gasteiger partial charge is 0.0541 e. The molecule has 0 N–H and O–H groups in total. The van der Waals surface area contributed by atoms with Crippen LogP contribution in [0.2, 0.25) is 0 Å². The van der Waals surface area contributed by atoms with Gasteiger partial charge in [-0.1, -0.05) is 84.9 Å². The lowest BCUT2D eigenvalue weighted by molar-refractivity contribution is 1.17. The summed E-state index contributed by atoms with van der Waals surface area (Å²) in [6, 6.07) is 52.5. The number of nitrogens with zero attached hydrogens (tertiary/aromatic N) is 4. The fourth-order valence-electron chi connectivity index (χ4n) is 8.11. The van der Waals surface area contributed by atoms with Crippen LogP contribution in [0.5, 0.6) is 0 Å². The largest absolute Gasteiger partial charge is 0.309 e. The van der Waals surface area contributed by atoms with Gasteiger partial charge in [0.1, 0.15) is 0 Å². The summed E-state index contributed by atoms with van der Waals surface area (Å²) in [5.41, 5.74) is 16.1. The Hall–Kier alpha value is -6.78. The van der Waals surface area contributed by atoms with Crippen LogP contribution < -0.4 is 0 Å². The lowest BCUT2D eigenvalue weighted by Gasteiger charge is -2.14. The summed E-state index contributed by atoms with van der Waals surface area (Å²) < 4.78 is 4.73. The molecule has 0 radical (unpaired) electrons. The predicted molar refractivity (Wildman–Crippen MR) is 216 cm³/mol. The van der Waals surface area contributed by atoms with Crippen LogP contribution in [-0.2, 0) is 0 Å². The molecule has 6 aromatic carbocycles. The summed E-state index contributed by atoms with van der Waals surface area (Å²) in [5, 5.41) is 5.06. The first kappa shape index (κ1) is 30.1. The van der Waals surface area contributed by atoms with Crippen molar-refractivity contribution in [1.29, 1.82) is 0 Å². The highest BCUT2D eigenvalue weighted by Crippen LogP contribution is 2.37. The highest BCUT2D eigenvalue weighted by Gasteiger charge is 2.15. The molecular weight excluding hydrogens is 633 g/mol. The lowest BCUT2D eigenvalue weighted by Crippen LogP contribution is -1.96. The summed E-state index contributed by atoms with van der Waals surface area (Å²) in [4.78, 5) is 9.41. The van der Waals surface area contributed by atoms with E-state index < -0.39 is 0 Å². The highest BCUT2D eigenvalue weighted by atomic mass is 15.0. The van der Waals surface area contributed by atoms with Gasteiger partial charge in [0, 0.05) is 80.0 Å². The summed E-state index contributed by atoms with van der Waals surface area (Å²) in [7, 11) is 0. The number of para-hydroxylation sites is 4. The quantitative estimate of drug-likeness (QED) is 0.183. The molecule has 0 amide bonds. The molecule has 0 unspecified atom stereocenters. The molecule has 4 heterocycles. The molecule has 246 valence electrons. The van der Waals surface area contributed by atoms with Gasteiger partial charge in [0.25, 0.3) is 0 Å². The number of pyridine rings is 2. The van der Waals surface area contributed by atoms with Crippen LogP contribution in [-0.4, -0.2) is 19.1 Å². The monoisotopic (exact) mass is 666 g/mol. The molecule has 0 aliphatic heterocycles. The van der Waals surface area contributed by atoms with Gasteiger partial charge < -0.3 is 9.13 Å². The Bertz CT molecular complexity index is 2690. The second-order valence-corrected chi connectivity index (χ2v) is 13.7. The van der Waals surface area contributed by atoms with Gasteiger partial charge in [-0.3, -0.25) is 9.97 Å². The Morgan fingerprint density at radius 2 is 0.673 bits per heavy atom. The van der Waals surface area contributed by atoms with Gasteiger partial charge >= 0.3 is 0 Å². The van der Waals surface area contributed by atoms with Crippen molar-refractivity contribution in [1.82, 2.24) is 19.1 Å². The van der Waals surface area contributed by atoms with Crippen LogP contribution in [0.1, 0.15) is 11.1 Å². The molecule has 0 atom stereocenters. The average molecular weight is 667 g/mol. The number of hydrogen-bond acceptors (Lipinski definition) is 2. The number of fused-ring (bicyclic) bond motifs is 6. The maximum Gasteiger partial charge on any atom is 0.0541 e. The Balaban J connectivity index is 0.992. The van der Waals surface area contributed by atoms with E-state index in [0.717, 1.165) is 33.6 Å². The third-order valence-corrected chi connectivity index (χ3v) is 10.5. The third kappa shape index (κ3) is 4.76. The maximum atomic E-state index is 4.71. The third-order valence-electron chi connectivity index (χ3n) is 10.5. The molecule has 52 heavy (non-hydrogen) atoms. The van der Waals surface area contributed by atoms with Crippen LogP contribution in [0.25, 0.3) is 88.4 Å². The van der Waals surface area contributed by atoms with Crippen molar-refractivity contribution in [3.8, 4) is 44.8 Å². The van der Waals surface area contributed by atoms with Gasteiger partial charge in [-0.2, -0.15) is 0 Å². The Kier molecular flexibility index (Phi) is 6.90. The lowest BCUT2D eigenvalue weighted by atomic mass is 9.96. The van der Waals surface area contributed by atoms with E-state index >= 15 is 0 Å². The molecule has 0 saturated carbocycles. The minimum Gasteiger partial charge on any atom is -0.309 e. The topological polar surface area (TPSA) is 35.6 Å². The van der Waals surface area contributed by atoms with Crippen LogP contribution in [0.3, 0.4) is 0 Å². The van der Waals surface area contributed by atoms with Crippen LogP contribution >= 0.6 is 0 Å². The van der Waals surface area contributed by atoms with Crippen molar-refractivity contribution in [2.45, 2.75) is 13.8 Å². The van der Waals surface area contributed by atoms with E-state index in [1.165, 1.54) is 65.9 Å². The number of hydrogen-bond donors (Lipinski definition) is 0. The second kappa shape index (κ2) is 11.9. The molecule has 0 aliphatic rings. The second-order valence-electron chi connectivity index (χ2n) is 13.7.